The van der Waals surface area contributed by atoms with E-state index >= 15 is 0 Å². The predicted molar refractivity (Wildman–Crippen MR) is 87.0 cm³/mol. The molecule has 1 N–H and O–H groups in total. The molecular weight excluding hydrogens is 322 g/mol. The first kappa shape index (κ1) is 17.4. The van der Waals surface area contributed by atoms with Crippen molar-refractivity contribution in [1.82, 2.24) is 4.90 Å². The first-order valence-electron chi connectivity index (χ1n) is 7.17. The molecule has 0 saturated carbocycles. The number of likely N-dealkylation sites (N-methyl/N-ethyl adjacent to an activating group) is 1. The Labute approximate surface area is 137 Å². The number of hydrogen-bond donors (Lipinski definition) is 1. The van der Waals surface area contributed by atoms with Gasteiger partial charge in [-0.1, -0.05) is 25.1 Å². The summed E-state index contributed by atoms with van der Waals surface area (Å²) in [5.74, 6) is -0.314. The zero-order valence-electron chi connectivity index (χ0n) is 12.7. The number of anilines is 1. The van der Waals surface area contributed by atoms with Crippen LogP contribution in [0.15, 0.2) is 41.8 Å². The van der Waals surface area contributed by atoms with Gasteiger partial charge in [0.15, 0.2) is 0 Å². The molecule has 1 heterocycles. The van der Waals surface area contributed by atoms with Gasteiger partial charge >= 0.3 is 6.61 Å². The highest BCUT2D eigenvalue weighted by Crippen LogP contribution is 2.25. The van der Waals surface area contributed by atoms with Crippen LogP contribution in [-0.4, -0.2) is 30.5 Å². The first-order chi connectivity index (χ1) is 11.1. The lowest BCUT2D eigenvalue weighted by Gasteiger charge is -2.19. The molecule has 0 unspecified atom stereocenters. The second-order valence-corrected chi connectivity index (χ2v) is 5.84. The standard InChI is InChI=1S/C16H18F2N2O2S/c1-2-20(10-12-6-5-9-23-12)11-15(21)19-13-7-3-4-8-14(13)22-16(17)18/h3-9,16H,2,10-11H2,1H3,(H,19,21). The number of nitrogens with one attached hydrogen (secondary N) is 1. The van der Waals surface area contributed by atoms with E-state index in [1.54, 1.807) is 23.5 Å². The van der Waals surface area contributed by atoms with Crippen LogP contribution in [0.2, 0.25) is 0 Å². The average Bonchev–Trinajstić information content (AvgIpc) is 3.01. The number of hydrogen-bond acceptors (Lipinski definition) is 4. The maximum absolute atomic E-state index is 12.4. The molecule has 0 fully saturated rings. The third-order valence-corrected chi connectivity index (χ3v) is 4.01. The molecule has 0 radical (unpaired) electrons. The average molecular weight is 340 g/mol. The molecule has 0 saturated heterocycles. The number of ether oxygens (including phenoxy) is 1. The molecule has 23 heavy (non-hydrogen) atoms. The number of halogens is 2. The number of amides is 1. The van der Waals surface area contributed by atoms with Gasteiger partial charge in [-0.15, -0.1) is 11.3 Å². The molecule has 4 nitrogen and oxygen atoms in total. The van der Waals surface area contributed by atoms with Crippen LogP contribution in [-0.2, 0) is 11.3 Å². The van der Waals surface area contributed by atoms with Crippen molar-refractivity contribution in [3.8, 4) is 5.75 Å². The summed E-state index contributed by atoms with van der Waals surface area (Å²) in [6, 6.07) is 10.1. The van der Waals surface area contributed by atoms with Gasteiger partial charge < -0.3 is 10.1 Å². The maximum Gasteiger partial charge on any atom is 0.387 e. The Morgan fingerprint density at radius 3 is 2.74 bits per heavy atom. The molecule has 7 heteroatoms. The molecular formula is C16H18F2N2O2S. The second-order valence-electron chi connectivity index (χ2n) is 4.81. The normalized spacial score (nSPS) is 11.0. The van der Waals surface area contributed by atoms with Crippen LogP contribution in [0, 0.1) is 0 Å². The van der Waals surface area contributed by atoms with Crippen LogP contribution in [0.1, 0.15) is 11.8 Å². The van der Waals surface area contributed by atoms with Gasteiger partial charge in [0, 0.05) is 11.4 Å². The maximum atomic E-state index is 12.4. The van der Waals surface area contributed by atoms with Gasteiger partial charge in [0.25, 0.3) is 0 Å². The fraction of sp³-hybridized carbons (Fsp3) is 0.312. The highest BCUT2D eigenvalue weighted by molar-refractivity contribution is 7.09. The molecule has 124 valence electrons. The van der Waals surface area contributed by atoms with Crippen molar-refractivity contribution in [2.24, 2.45) is 0 Å². The number of carbonyl (C=O) groups excluding carboxylic acids is 1. The quantitative estimate of drug-likeness (QED) is 0.794. The molecule has 0 aliphatic rings. The Kier molecular flexibility index (Phi) is 6.49. The lowest BCUT2D eigenvalue weighted by molar-refractivity contribution is -0.117. The Morgan fingerprint density at radius 2 is 2.09 bits per heavy atom. The summed E-state index contributed by atoms with van der Waals surface area (Å²) in [7, 11) is 0. The number of benzene rings is 1. The van der Waals surface area contributed by atoms with Crippen molar-refractivity contribution in [2.75, 3.05) is 18.4 Å². The number of alkyl halides is 2. The fourth-order valence-electron chi connectivity index (χ4n) is 2.06. The zero-order valence-corrected chi connectivity index (χ0v) is 13.5. The van der Waals surface area contributed by atoms with E-state index in [2.05, 4.69) is 10.1 Å². The van der Waals surface area contributed by atoms with Crippen molar-refractivity contribution < 1.29 is 18.3 Å². The highest BCUT2D eigenvalue weighted by Gasteiger charge is 2.14. The molecule has 2 aromatic rings. The fourth-order valence-corrected chi connectivity index (χ4v) is 2.81. The molecule has 0 atom stereocenters. The van der Waals surface area contributed by atoms with Crippen molar-refractivity contribution in [3.63, 3.8) is 0 Å². The molecule has 0 spiro atoms. The summed E-state index contributed by atoms with van der Waals surface area (Å²) in [5, 5.41) is 4.61. The minimum atomic E-state index is -2.93. The number of nitrogens with zero attached hydrogens (tertiary/aromatic N) is 1. The molecule has 1 aromatic carbocycles. The van der Waals surface area contributed by atoms with Crippen LogP contribution in [0.4, 0.5) is 14.5 Å². The van der Waals surface area contributed by atoms with Gasteiger partial charge in [-0.05, 0) is 30.1 Å². The van der Waals surface area contributed by atoms with E-state index in [9.17, 15) is 13.6 Å². The van der Waals surface area contributed by atoms with Crippen LogP contribution in [0.3, 0.4) is 0 Å². The minimum Gasteiger partial charge on any atom is -0.433 e. The van der Waals surface area contributed by atoms with Gasteiger partial charge in [0.1, 0.15) is 5.75 Å². The van der Waals surface area contributed by atoms with Gasteiger partial charge in [-0.3, -0.25) is 9.69 Å². The topological polar surface area (TPSA) is 41.6 Å². The Morgan fingerprint density at radius 1 is 1.30 bits per heavy atom. The second kappa shape index (κ2) is 8.59. The minimum absolute atomic E-state index is 0.0443. The molecule has 0 aliphatic carbocycles. The van der Waals surface area contributed by atoms with E-state index in [4.69, 9.17) is 0 Å². The Hall–Kier alpha value is -1.99. The summed E-state index contributed by atoms with van der Waals surface area (Å²) in [6.45, 7) is 0.600. The number of carbonyl (C=O) groups is 1. The smallest absolute Gasteiger partial charge is 0.387 e. The van der Waals surface area contributed by atoms with Crippen molar-refractivity contribution in [1.29, 1.82) is 0 Å². The van der Waals surface area contributed by atoms with E-state index < -0.39 is 6.61 Å². The van der Waals surface area contributed by atoms with Gasteiger partial charge in [0.2, 0.25) is 5.91 Å². The zero-order chi connectivity index (χ0) is 16.7. The van der Waals surface area contributed by atoms with Crippen LogP contribution in [0.25, 0.3) is 0 Å². The molecule has 1 aromatic heterocycles. The lowest BCUT2D eigenvalue weighted by Crippen LogP contribution is -2.32. The Balaban J connectivity index is 1.95. The van der Waals surface area contributed by atoms with E-state index in [1.807, 2.05) is 29.3 Å². The molecule has 0 bridgehead atoms. The van der Waals surface area contributed by atoms with E-state index in [1.165, 1.54) is 17.0 Å². The summed E-state index contributed by atoms with van der Waals surface area (Å²) in [5.41, 5.74) is 0.241. The number of thiophene rings is 1. The van der Waals surface area contributed by atoms with Crippen LogP contribution < -0.4 is 10.1 Å². The first-order valence-corrected chi connectivity index (χ1v) is 8.05. The Bertz CT molecular complexity index is 620. The molecule has 0 aliphatic heterocycles. The monoisotopic (exact) mass is 340 g/mol. The van der Waals surface area contributed by atoms with E-state index in [-0.39, 0.29) is 23.9 Å². The van der Waals surface area contributed by atoms with Crippen LogP contribution in [0.5, 0.6) is 5.75 Å². The highest BCUT2D eigenvalue weighted by atomic mass is 32.1. The SMILES string of the molecule is CCN(CC(=O)Nc1ccccc1OC(F)F)Cc1cccs1. The van der Waals surface area contributed by atoms with E-state index in [0.29, 0.717) is 13.1 Å². The largest absolute Gasteiger partial charge is 0.433 e. The number of rotatable bonds is 8. The van der Waals surface area contributed by atoms with Crippen LogP contribution >= 0.6 is 11.3 Å². The summed E-state index contributed by atoms with van der Waals surface area (Å²) in [4.78, 5) is 15.3. The summed E-state index contributed by atoms with van der Waals surface area (Å²) < 4.78 is 29.1. The molecule has 1 amide bonds. The third-order valence-electron chi connectivity index (χ3n) is 3.15. The van der Waals surface area contributed by atoms with Crippen molar-refractivity contribution in [2.45, 2.75) is 20.1 Å². The van der Waals surface area contributed by atoms with Crippen molar-refractivity contribution >= 4 is 22.9 Å². The van der Waals surface area contributed by atoms with Gasteiger partial charge in [-0.25, -0.2) is 0 Å². The van der Waals surface area contributed by atoms with E-state index in [0.717, 1.165) is 0 Å². The van der Waals surface area contributed by atoms with Gasteiger partial charge in [0.05, 0.1) is 12.2 Å². The number of para-hydroxylation sites is 2. The van der Waals surface area contributed by atoms with Gasteiger partial charge in [-0.2, -0.15) is 8.78 Å². The predicted octanol–water partition coefficient (Wildman–Crippen LogP) is 3.81. The van der Waals surface area contributed by atoms with Crippen molar-refractivity contribution in [3.05, 3.63) is 46.7 Å². The summed E-state index contributed by atoms with van der Waals surface area (Å²) >= 11 is 1.63. The lowest BCUT2D eigenvalue weighted by atomic mass is 10.3. The third kappa shape index (κ3) is 5.61. The summed E-state index contributed by atoms with van der Waals surface area (Å²) in [6.07, 6.45) is 0. The molecule has 2 rings (SSSR count).